The molecule has 0 amide bonds. The molecule has 8 fully saturated rings. The number of carbonyl (C=O) groups is 2. The predicted molar refractivity (Wildman–Crippen MR) is 101 cm³/mol. The molecule has 0 aromatic carbocycles. The van der Waals surface area contributed by atoms with Crippen LogP contribution in [0.4, 0.5) is 0 Å². The molecule has 150 valence electrons. The summed E-state index contributed by atoms with van der Waals surface area (Å²) in [6.07, 6.45) is 15.2. The number of rotatable bonds is 3. The normalized spacial score (nSPS) is 51.0. The first-order chi connectivity index (χ1) is 12.8. The molecular weight excluding hydrogens is 340 g/mol. The zero-order valence-corrected chi connectivity index (χ0v) is 16.4. The molecule has 0 radical (unpaired) electrons. The minimum absolute atomic E-state index is 0.223. The van der Waals surface area contributed by atoms with Crippen LogP contribution in [-0.4, -0.2) is 22.2 Å². The molecule has 0 saturated heterocycles. The molecule has 0 atom stereocenters. The quantitative estimate of drug-likeness (QED) is 0.732. The summed E-state index contributed by atoms with van der Waals surface area (Å²) >= 11 is 0. The maximum atomic E-state index is 11.3. The molecule has 0 heterocycles. The summed E-state index contributed by atoms with van der Waals surface area (Å²) in [6.45, 7) is 0. The van der Waals surface area contributed by atoms with Gasteiger partial charge in [0.1, 0.15) is 0 Å². The summed E-state index contributed by atoms with van der Waals surface area (Å²) in [5.41, 5.74) is -0.0602. The van der Waals surface area contributed by atoms with Crippen molar-refractivity contribution < 1.29 is 19.8 Å². The van der Waals surface area contributed by atoms with Gasteiger partial charge in [-0.25, -0.2) is 0 Å². The van der Waals surface area contributed by atoms with Crippen molar-refractivity contribution in [3.05, 3.63) is 0 Å². The third-order valence-electron chi connectivity index (χ3n) is 9.18. The average molecular weight is 375 g/mol. The summed E-state index contributed by atoms with van der Waals surface area (Å²) in [6, 6.07) is 0. The first-order valence-corrected chi connectivity index (χ1v) is 11.3. The minimum Gasteiger partial charge on any atom is -0.481 e. The summed E-state index contributed by atoms with van der Waals surface area (Å²) in [5.74, 6) is 3.80. The van der Waals surface area contributed by atoms with Crippen molar-refractivity contribution in [1.82, 2.24) is 0 Å². The summed E-state index contributed by atoms with van der Waals surface area (Å²) in [4.78, 5) is 22.1. The van der Waals surface area contributed by atoms with Crippen LogP contribution >= 0.6 is 0 Å². The van der Waals surface area contributed by atoms with E-state index < -0.39 is 11.9 Å². The van der Waals surface area contributed by atoms with E-state index >= 15 is 0 Å². The Bertz CT molecular complexity index is 566. The van der Waals surface area contributed by atoms with Gasteiger partial charge in [-0.2, -0.15) is 0 Å². The van der Waals surface area contributed by atoms with Crippen molar-refractivity contribution in [2.75, 3.05) is 0 Å². The van der Waals surface area contributed by atoms with Crippen molar-refractivity contribution in [2.45, 2.75) is 83.5 Å². The zero-order chi connectivity index (χ0) is 18.8. The van der Waals surface area contributed by atoms with Gasteiger partial charge in [-0.3, -0.25) is 9.59 Å². The Kier molecular flexibility index (Phi) is 4.15. The van der Waals surface area contributed by atoms with Gasteiger partial charge in [0.15, 0.2) is 0 Å². The monoisotopic (exact) mass is 374 g/mol. The second kappa shape index (κ2) is 6.22. The Balaban J connectivity index is 0.000000119. The Morgan fingerprint density at radius 3 is 1.26 bits per heavy atom. The van der Waals surface area contributed by atoms with Crippen LogP contribution < -0.4 is 0 Å². The predicted octanol–water partition coefficient (Wildman–Crippen LogP) is 4.96. The lowest BCUT2D eigenvalue weighted by molar-refractivity contribution is -0.164. The van der Waals surface area contributed by atoms with E-state index in [9.17, 15) is 14.7 Å². The summed E-state index contributed by atoms with van der Waals surface area (Å²) in [5, 5.41) is 18.3. The molecular formula is C23H34O4. The molecule has 2 N–H and O–H groups in total. The third kappa shape index (κ3) is 3.21. The second-order valence-electron chi connectivity index (χ2n) is 11.5. The van der Waals surface area contributed by atoms with Gasteiger partial charge in [0.2, 0.25) is 0 Å². The number of carboxylic acids is 2. The number of aliphatic carboxylic acids is 2. The number of hydrogen-bond acceptors (Lipinski definition) is 2. The molecule has 0 aromatic heterocycles. The van der Waals surface area contributed by atoms with E-state index in [1.807, 2.05) is 0 Å². The largest absolute Gasteiger partial charge is 0.481 e. The van der Waals surface area contributed by atoms with E-state index in [1.165, 1.54) is 57.8 Å². The Morgan fingerprint density at radius 2 is 0.963 bits per heavy atom. The van der Waals surface area contributed by atoms with Crippen molar-refractivity contribution in [3.63, 3.8) is 0 Å². The highest BCUT2D eigenvalue weighted by molar-refractivity contribution is 5.75. The fraction of sp³-hybridized carbons (Fsp3) is 0.913. The van der Waals surface area contributed by atoms with Crippen molar-refractivity contribution in [2.24, 2.45) is 46.3 Å². The van der Waals surface area contributed by atoms with Crippen LogP contribution in [-0.2, 0) is 9.59 Å². The van der Waals surface area contributed by atoms with Crippen LogP contribution in [0.3, 0.4) is 0 Å². The molecule has 0 aliphatic heterocycles. The van der Waals surface area contributed by atoms with Crippen molar-refractivity contribution in [3.8, 4) is 0 Å². The van der Waals surface area contributed by atoms with Gasteiger partial charge in [-0.15, -0.1) is 0 Å². The molecule has 0 spiro atoms. The molecule has 8 aliphatic carbocycles. The van der Waals surface area contributed by atoms with Crippen LogP contribution in [0, 0.1) is 46.3 Å². The molecule has 8 rings (SSSR count). The van der Waals surface area contributed by atoms with Gasteiger partial charge >= 0.3 is 11.9 Å². The fourth-order valence-electron chi connectivity index (χ4n) is 9.20. The maximum absolute atomic E-state index is 11.3. The third-order valence-corrected chi connectivity index (χ3v) is 9.18. The lowest BCUT2D eigenvalue weighted by Gasteiger charge is -2.56. The van der Waals surface area contributed by atoms with Crippen LogP contribution in [0.1, 0.15) is 83.5 Å². The molecule has 8 bridgehead atoms. The van der Waals surface area contributed by atoms with Crippen LogP contribution in [0.5, 0.6) is 0 Å². The smallest absolute Gasteiger partial charge is 0.309 e. The van der Waals surface area contributed by atoms with E-state index in [1.54, 1.807) is 0 Å². The highest BCUT2D eigenvalue weighted by atomic mass is 16.4. The number of carboxylic acid groups (broad SMARTS) is 2. The van der Waals surface area contributed by atoms with Crippen LogP contribution in [0.15, 0.2) is 0 Å². The van der Waals surface area contributed by atoms with E-state index in [0.29, 0.717) is 6.42 Å². The molecule has 27 heavy (non-hydrogen) atoms. The van der Waals surface area contributed by atoms with Gasteiger partial charge in [-0.05, 0) is 118 Å². The zero-order valence-electron chi connectivity index (χ0n) is 16.4. The minimum atomic E-state index is -0.577. The summed E-state index contributed by atoms with van der Waals surface area (Å²) < 4.78 is 0. The Hall–Kier alpha value is -1.06. The topological polar surface area (TPSA) is 74.6 Å². The lowest BCUT2D eigenvalue weighted by Crippen LogP contribution is -2.49. The molecule has 4 heteroatoms. The highest BCUT2D eigenvalue weighted by Crippen LogP contribution is 2.61. The van der Waals surface area contributed by atoms with Gasteiger partial charge in [-0.1, -0.05) is 0 Å². The lowest BCUT2D eigenvalue weighted by atomic mass is 9.49. The molecule has 0 unspecified atom stereocenters. The van der Waals surface area contributed by atoms with E-state index in [2.05, 4.69) is 0 Å². The van der Waals surface area contributed by atoms with Crippen molar-refractivity contribution >= 4 is 11.9 Å². The molecule has 8 aliphatic rings. The Labute approximate surface area is 162 Å². The SMILES string of the molecule is O=C(O)C12CC3CC(CC(C3)C1)C2.O=C(O)CC12CC3CC(CC(C3)C1)C2. The Morgan fingerprint density at radius 1 is 0.630 bits per heavy atom. The van der Waals surface area contributed by atoms with Crippen molar-refractivity contribution in [1.29, 1.82) is 0 Å². The van der Waals surface area contributed by atoms with E-state index in [-0.39, 0.29) is 10.8 Å². The van der Waals surface area contributed by atoms with Gasteiger partial charge in [0, 0.05) is 0 Å². The van der Waals surface area contributed by atoms with E-state index in [0.717, 1.165) is 54.8 Å². The van der Waals surface area contributed by atoms with Gasteiger partial charge in [0.05, 0.1) is 11.8 Å². The van der Waals surface area contributed by atoms with Gasteiger partial charge < -0.3 is 10.2 Å². The first-order valence-electron chi connectivity index (χ1n) is 11.3. The maximum Gasteiger partial charge on any atom is 0.309 e. The van der Waals surface area contributed by atoms with Gasteiger partial charge in [0.25, 0.3) is 0 Å². The van der Waals surface area contributed by atoms with E-state index in [4.69, 9.17) is 5.11 Å². The molecule has 4 nitrogen and oxygen atoms in total. The number of hydrogen-bond donors (Lipinski definition) is 2. The standard InChI is InChI=1S/C12H18O2.C11H16O2/c13-11(14)7-12-4-8-1-9(5-12)3-10(2-8)6-12;12-10(13)11-4-7-1-8(5-11)3-9(2-7)6-11/h8-10H,1-7H2,(H,13,14);7-9H,1-6H2,(H,12,13). The average Bonchev–Trinajstić information content (AvgIpc) is 2.51. The molecule has 0 aromatic rings. The molecule has 8 saturated carbocycles. The van der Waals surface area contributed by atoms with Crippen LogP contribution in [0.2, 0.25) is 0 Å². The fourth-order valence-corrected chi connectivity index (χ4v) is 9.20. The van der Waals surface area contributed by atoms with Crippen LogP contribution in [0.25, 0.3) is 0 Å². The summed E-state index contributed by atoms with van der Waals surface area (Å²) in [7, 11) is 0. The second-order valence-corrected chi connectivity index (χ2v) is 11.5. The first kappa shape index (κ1) is 18.0. The highest BCUT2D eigenvalue weighted by Gasteiger charge is 2.55.